The van der Waals surface area contributed by atoms with Crippen LogP contribution in [0.4, 0.5) is 5.69 Å². The fourth-order valence-electron chi connectivity index (χ4n) is 3.91. The van der Waals surface area contributed by atoms with Crippen LogP contribution in [-0.2, 0) is 19.4 Å². The third-order valence-electron chi connectivity index (χ3n) is 5.59. The largest absolute Gasteiger partial charge is 0.502 e. The van der Waals surface area contributed by atoms with Gasteiger partial charge in [-0.1, -0.05) is 30.3 Å². The number of anilines is 1. The second kappa shape index (κ2) is 9.97. The number of ether oxygens (including phenoxy) is 1. The number of hydrogen-bond donors (Lipinski definition) is 1. The average Bonchev–Trinajstić information content (AvgIpc) is 3.15. The van der Waals surface area contributed by atoms with Crippen LogP contribution < -0.4 is 4.90 Å². The smallest absolute Gasteiger partial charge is 0.338 e. The molecule has 0 saturated heterocycles. The van der Waals surface area contributed by atoms with E-state index in [1.807, 2.05) is 18.4 Å². The molecular formula is C26H23NO6S2. The number of benzene rings is 3. The Morgan fingerprint density at radius 2 is 1.63 bits per heavy atom. The highest BCUT2D eigenvalue weighted by Crippen LogP contribution is 2.45. The van der Waals surface area contributed by atoms with Gasteiger partial charge in [0.05, 0.1) is 17.1 Å². The Bertz CT molecular complexity index is 1380. The van der Waals surface area contributed by atoms with Crippen LogP contribution in [0.2, 0.25) is 0 Å². The fourth-order valence-corrected chi connectivity index (χ4v) is 5.96. The Balaban J connectivity index is 1.85. The molecule has 0 fully saturated rings. The Morgan fingerprint density at radius 1 is 1.00 bits per heavy atom. The van der Waals surface area contributed by atoms with Crippen LogP contribution in [0.15, 0.2) is 99.3 Å². The molecule has 9 heteroatoms. The maximum atomic E-state index is 13.6. The molecule has 35 heavy (non-hydrogen) atoms. The maximum Gasteiger partial charge on any atom is 0.338 e. The Kier molecular flexibility index (Phi) is 7.00. The van der Waals surface area contributed by atoms with Crippen molar-refractivity contribution in [1.82, 2.24) is 0 Å². The molecule has 180 valence electrons. The molecular weight excluding hydrogens is 486 g/mol. The van der Waals surface area contributed by atoms with Crippen LogP contribution >= 0.6 is 11.8 Å². The van der Waals surface area contributed by atoms with Gasteiger partial charge < -0.3 is 9.84 Å². The molecule has 1 unspecified atom stereocenters. The number of sulfone groups is 1. The summed E-state index contributed by atoms with van der Waals surface area (Å²) in [6.45, 7) is 1.92. The summed E-state index contributed by atoms with van der Waals surface area (Å²) in [6, 6.07) is 19.8. The van der Waals surface area contributed by atoms with E-state index in [-0.39, 0.29) is 22.0 Å². The zero-order valence-electron chi connectivity index (χ0n) is 19.0. The van der Waals surface area contributed by atoms with E-state index in [2.05, 4.69) is 0 Å². The van der Waals surface area contributed by atoms with Gasteiger partial charge >= 0.3 is 5.97 Å². The molecule has 0 bridgehead atoms. The number of carbonyl (C=O) groups excluding carboxylic acids is 2. The van der Waals surface area contributed by atoms with Gasteiger partial charge in [-0.25, -0.2) is 13.2 Å². The second-order valence-corrected chi connectivity index (χ2v) is 10.4. The molecule has 0 aliphatic carbocycles. The summed E-state index contributed by atoms with van der Waals surface area (Å²) in [6.07, 6.45) is 1.92. The molecule has 1 heterocycles. The number of nitrogens with zero attached hydrogens (tertiary/aromatic N) is 1. The van der Waals surface area contributed by atoms with E-state index in [1.165, 1.54) is 53.1 Å². The standard InChI is InChI=1S/C26H23NO6S2/c1-3-33-26(30)18-9-13-19(14-10-18)27-22(17-11-15-20(34-2)16-12-17)24(23(28)25(27)29)35(31,32)21-7-5-4-6-8-21/h4-16,22,28H,3H2,1-2H3. The first-order valence-electron chi connectivity index (χ1n) is 10.8. The van der Waals surface area contributed by atoms with Crippen LogP contribution in [0, 0.1) is 0 Å². The van der Waals surface area contributed by atoms with Gasteiger partial charge in [0.2, 0.25) is 9.84 Å². The number of aliphatic hydroxyl groups is 1. The van der Waals surface area contributed by atoms with Crippen molar-refractivity contribution < 1.29 is 27.9 Å². The molecule has 0 saturated carbocycles. The molecule has 0 spiro atoms. The highest BCUT2D eigenvalue weighted by molar-refractivity contribution is 7.98. The number of aliphatic hydroxyl groups excluding tert-OH is 1. The lowest BCUT2D eigenvalue weighted by molar-refractivity contribution is -0.117. The minimum atomic E-state index is -4.22. The number of rotatable bonds is 7. The summed E-state index contributed by atoms with van der Waals surface area (Å²) < 4.78 is 32.3. The van der Waals surface area contributed by atoms with Gasteiger partial charge in [-0.15, -0.1) is 11.8 Å². The molecule has 3 aromatic rings. The minimum absolute atomic E-state index is 0.0282. The summed E-state index contributed by atoms with van der Waals surface area (Å²) in [4.78, 5) is 27.1. The molecule has 1 aliphatic heterocycles. The Labute approximate surface area is 208 Å². The van der Waals surface area contributed by atoms with Gasteiger partial charge in [-0.2, -0.15) is 0 Å². The number of hydrogen-bond acceptors (Lipinski definition) is 7. The fraction of sp³-hybridized carbons (Fsp3) is 0.154. The summed E-state index contributed by atoms with van der Waals surface area (Å²) in [5.41, 5.74) is 1.13. The van der Waals surface area contributed by atoms with E-state index < -0.39 is 33.5 Å². The zero-order valence-corrected chi connectivity index (χ0v) is 20.7. The molecule has 7 nitrogen and oxygen atoms in total. The topological polar surface area (TPSA) is 101 Å². The van der Waals surface area contributed by atoms with Crippen LogP contribution in [0.3, 0.4) is 0 Å². The molecule has 1 atom stereocenters. The van der Waals surface area contributed by atoms with Crippen molar-refractivity contribution in [2.24, 2.45) is 0 Å². The normalized spacial score (nSPS) is 16.0. The van der Waals surface area contributed by atoms with E-state index in [0.717, 1.165) is 4.90 Å². The van der Waals surface area contributed by atoms with Gasteiger partial charge in [0, 0.05) is 10.6 Å². The molecule has 1 amide bonds. The van der Waals surface area contributed by atoms with Crippen LogP contribution in [0.1, 0.15) is 28.9 Å². The number of carbonyl (C=O) groups is 2. The molecule has 0 radical (unpaired) electrons. The summed E-state index contributed by atoms with van der Waals surface area (Å²) in [7, 11) is -4.22. The van der Waals surface area contributed by atoms with Crippen molar-refractivity contribution in [1.29, 1.82) is 0 Å². The first-order valence-corrected chi connectivity index (χ1v) is 13.5. The number of thioether (sulfide) groups is 1. The number of amides is 1. The van der Waals surface area contributed by atoms with E-state index in [0.29, 0.717) is 11.3 Å². The van der Waals surface area contributed by atoms with Crippen LogP contribution in [-0.4, -0.2) is 38.3 Å². The van der Waals surface area contributed by atoms with Gasteiger partial charge in [0.1, 0.15) is 10.9 Å². The zero-order chi connectivity index (χ0) is 25.2. The van der Waals surface area contributed by atoms with Crippen molar-refractivity contribution in [3.8, 4) is 0 Å². The molecule has 0 aromatic heterocycles. The van der Waals surface area contributed by atoms with Crippen LogP contribution in [0.25, 0.3) is 0 Å². The predicted octanol–water partition coefficient (Wildman–Crippen LogP) is 4.92. The quantitative estimate of drug-likeness (QED) is 0.356. The highest BCUT2D eigenvalue weighted by Gasteiger charge is 2.47. The first-order chi connectivity index (χ1) is 16.8. The highest BCUT2D eigenvalue weighted by atomic mass is 32.2. The first kappa shape index (κ1) is 24.6. The molecule has 1 N–H and O–H groups in total. The summed E-state index contributed by atoms with van der Waals surface area (Å²) in [5.74, 6) is -2.19. The molecule has 1 aliphatic rings. The lowest BCUT2D eigenvalue weighted by Gasteiger charge is -2.27. The van der Waals surface area contributed by atoms with Gasteiger partial charge in [0.15, 0.2) is 5.76 Å². The Hall–Kier alpha value is -3.56. The van der Waals surface area contributed by atoms with Crippen molar-refractivity contribution in [3.05, 3.63) is 101 Å². The number of esters is 1. The average molecular weight is 510 g/mol. The van der Waals surface area contributed by atoms with Crippen LogP contribution in [0.5, 0.6) is 0 Å². The van der Waals surface area contributed by atoms with E-state index >= 15 is 0 Å². The van der Waals surface area contributed by atoms with Crippen molar-refractivity contribution in [2.75, 3.05) is 17.8 Å². The van der Waals surface area contributed by atoms with Gasteiger partial charge in [0.25, 0.3) is 5.91 Å². The molecule has 3 aromatic carbocycles. The third-order valence-corrected chi connectivity index (χ3v) is 8.22. The van der Waals surface area contributed by atoms with Crippen molar-refractivity contribution >= 4 is 39.2 Å². The van der Waals surface area contributed by atoms with Gasteiger partial charge in [-0.05, 0) is 67.3 Å². The monoisotopic (exact) mass is 509 g/mol. The van der Waals surface area contributed by atoms with Gasteiger partial charge in [-0.3, -0.25) is 9.69 Å². The summed E-state index contributed by atoms with van der Waals surface area (Å²) in [5, 5.41) is 10.9. The van der Waals surface area contributed by atoms with Crippen molar-refractivity contribution in [3.63, 3.8) is 0 Å². The predicted molar refractivity (Wildman–Crippen MR) is 134 cm³/mol. The summed E-state index contributed by atoms with van der Waals surface area (Å²) >= 11 is 1.53. The van der Waals surface area contributed by atoms with E-state index in [4.69, 9.17) is 4.74 Å². The lowest BCUT2D eigenvalue weighted by atomic mass is 10.1. The third kappa shape index (κ3) is 4.56. The Morgan fingerprint density at radius 3 is 2.20 bits per heavy atom. The molecule has 4 rings (SSSR count). The van der Waals surface area contributed by atoms with E-state index in [1.54, 1.807) is 37.3 Å². The van der Waals surface area contributed by atoms with Crippen molar-refractivity contribution in [2.45, 2.75) is 22.8 Å². The SMILES string of the molecule is CCOC(=O)c1ccc(N2C(=O)C(O)=C(S(=O)(=O)c3ccccc3)C2c2ccc(SC)cc2)cc1. The second-order valence-electron chi connectivity index (χ2n) is 7.65. The minimum Gasteiger partial charge on any atom is -0.502 e. The van der Waals surface area contributed by atoms with E-state index in [9.17, 15) is 23.1 Å². The lowest BCUT2D eigenvalue weighted by Crippen LogP contribution is -2.31. The maximum absolute atomic E-state index is 13.6.